The summed E-state index contributed by atoms with van der Waals surface area (Å²) in [7, 11) is 1.60. The van der Waals surface area contributed by atoms with Gasteiger partial charge in [0.2, 0.25) is 11.8 Å². The van der Waals surface area contributed by atoms with Crippen molar-refractivity contribution in [1.82, 2.24) is 20.4 Å². The summed E-state index contributed by atoms with van der Waals surface area (Å²) in [6.45, 7) is 4.75. The van der Waals surface area contributed by atoms with Crippen molar-refractivity contribution >= 4 is 11.8 Å². The first-order valence-corrected chi connectivity index (χ1v) is 8.79. The maximum Gasteiger partial charge on any atom is 0.234 e. The molecule has 2 N–H and O–H groups in total. The molecule has 1 saturated heterocycles. The van der Waals surface area contributed by atoms with E-state index in [1.165, 1.54) is 6.07 Å². The van der Waals surface area contributed by atoms with Gasteiger partial charge in [-0.05, 0) is 6.07 Å². The van der Waals surface area contributed by atoms with E-state index in [1.54, 1.807) is 25.3 Å². The summed E-state index contributed by atoms with van der Waals surface area (Å²) in [4.78, 5) is 27.9. The van der Waals surface area contributed by atoms with Crippen molar-refractivity contribution in [2.45, 2.75) is 6.54 Å². The first-order chi connectivity index (χ1) is 12.6. The van der Waals surface area contributed by atoms with Crippen LogP contribution in [0.5, 0.6) is 0 Å². The highest BCUT2D eigenvalue weighted by atomic mass is 19.1. The molecule has 0 aromatic heterocycles. The maximum absolute atomic E-state index is 13.5. The summed E-state index contributed by atoms with van der Waals surface area (Å²) < 4.78 is 18.4. The Morgan fingerprint density at radius 3 is 2.19 bits per heavy atom. The first kappa shape index (κ1) is 20.3. The van der Waals surface area contributed by atoms with Gasteiger partial charge in [-0.1, -0.05) is 18.2 Å². The molecule has 0 aliphatic carbocycles. The lowest BCUT2D eigenvalue weighted by Gasteiger charge is -2.33. The van der Waals surface area contributed by atoms with Gasteiger partial charge in [-0.3, -0.25) is 19.4 Å². The molecule has 1 heterocycles. The summed E-state index contributed by atoms with van der Waals surface area (Å²) in [5.74, 6) is -0.456. The zero-order chi connectivity index (χ0) is 18.8. The molecule has 1 aliphatic heterocycles. The number of carbonyl (C=O) groups is 2. The molecular weight excluding hydrogens is 339 g/mol. The van der Waals surface area contributed by atoms with Crippen LogP contribution in [-0.4, -0.2) is 81.1 Å². The normalized spacial score (nSPS) is 15.6. The zero-order valence-electron chi connectivity index (χ0n) is 15.2. The number of methoxy groups -OCH3 is 1. The lowest BCUT2D eigenvalue weighted by molar-refractivity contribution is -0.125. The van der Waals surface area contributed by atoms with Crippen LogP contribution >= 0.6 is 0 Å². The Bertz CT molecular complexity index is 592. The lowest BCUT2D eigenvalue weighted by atomic mass is 10.2. The lowest BCUT2D eigenvalue weighted by Crippen LogP contribution is -2.51. The van der Waals surface area contributed by atoms with Crippen LogP contribution in [0.25, 0.3) is 0 Å². The second-order valence-electron chi connectivity index (χ2n) is 6.26. The van der Waals surface area contributed by atoms with Crippen LogP contribution in [0, 0.1) is 5.82 Å². The molecule has 8 heteroatoms. The van der Waals surface area contributed by atoms with Crippen LogP contribution in [0.15, 0.2) is 24.3 Å². The van der Waals surface area contributed by atoms with Crippen molar-refractivity contribution in [3.05, 3.63) is 35.6 Å². The van der Waals surface area contributed by atoms with Gasteiger partial charge in [-0.15, -0.1) is 0 Å². The topological polar surface area (TPSA) is 73.9 Å². The third-order valence-corrected chi connectivity index (χ3v) is 4.26. The summed E-state index contributed by atoms with van der Waals surface area (Å²) in [5, 5.41) is 5.55. The first-order valence-electron chi connectivity index (χ1n) is 8.79. The van der Waals surface area contributed by atoms with E-state index < -0.39 is 0 Å². The Morgan fingerprint density at radius 2 is 1.62 bits per heavy atom. The molecule has 0 unspecified atom stereocenters. The third kappa shape index (κ3) is 7.07. The number of nitrogens with one attached hydrogen (secondary N) is 2. The second-order valence-corrected chi connectivity index (χ2v) is 6.26. The van der Waals surface area contributed by atoms with E-state index in [0.29, 0.717) is 25.3 Å². The average Bonchev–Trinajstić information content (AvgIpc) is 2.63. The van der Waals surface area contributed by atoms with Crippen molar-refractivity contribution < 1.29 is 18.7 Å². The fourth-order valence-electron chi connectivity index (χ4n) is 2.75. The summed E-state index contributed by atoms with van der Waals surface area (Å²) in [6.07, 6.45) is 0. The Labute approximate surface area is 153 Å². The second kappa shape index (κ2) is 10.8. The van der Waals surface area contributed by atoms with E-state index in [2.05, 4.69) is 15.5 Å². The molecule has 2 amide bonds. The zero-order valence-corrected chi connectivity index (χ0v) is 15.2. The molecule has 1 aromatic carbocycles. The van der Waals surface area contributed by atoms with Crippen molar-refractivity contribution in [2.24, 2.45) is 0 Å². The van der Waals surface area contributed by atoms with E-state index in [1.807, 2.05) is 4.90 Å². The molecule has 1 aromatic rings. The molecule has 0 spiro atoms. The average molecular weight is 366 g/mol. The quantitative estimate of drug-likeness (QED) is 0.594. The molecule has 144 valence electrons. The number of amides is 2. The standard InChI is InChI=1S/C18H27FN4O3/c1-26-11-6-20-17(24)13-22-7-9-23(10-8-22)14-18(25)21-12-15-4-2-3-5-16(15)19/h2-5H,6-14H2,1H3,(H,20,24)(H,21,25). The minimum Gasteiger partial charge on any atom is -0.383 e. The fourth-order valence-corrected chi connectivity index (χ4v) is 2.75. The Morgan fingerprint density at radius 1 is 1.04 bits per heavy atom. The van der Waals surface area contributed by atoms with Gasteiger partial charge in [0.1, 0.15) is 5.82 Å². The number of piperazine rings is 1. The van der Waals surface area contributed by atoms with Gasteiger partial charge in [0.25, 0.3) is 0 Å². The molecule has 2 rings (SSSR count). The van der Waals surface area contributed by atoms with Crippen molar-refractivity contribution in [3.63, 3.8) is 0 Å². The highest BCUT2D eigenvalue weighted by Gasteiger charge is 2.20. The van der Waals surface area contributed by atoms with Gasteiger partial charge < -0.3 is 15.4 Å². The molecule has 0 bridgehead atoms. The van der Waals surface area contributed by atoms with E-state index in [9.17, 15) is 14.0 Å². The van der Waals surface area contributed by atoms with E-state index >= 15 is 0 Å². The van der Waals surface area contributed by atoms with Gasteiger partial charge in [0, 0.05) is 51.9 Å². The number of rotatable bonds is 9. The van der Waals surface area contributed by atoms with Crippen LogP contribution in [0.1, 0.15) is 5.56 Å². The maximum atomic E-state index is 13.5. The molecule has 0 atom stereocenters. The third-order valence-electron chi connectivity index (χ3n) is 4.26. The van der Waals surface area contributed by atoms with Crippen LogP contribution in [0.2, 0.25) is 0 Å². The van der Waals surface area contributed by atoms with Gasteiger partial charge in [0.05, 0.1) is 19.7 Å². The Balaban J connectivity index is 1.63. The monoisotopic (exact) mass is 366 g/mol. The smallest absolute Gasteiger partial charge is 0.234 e. The molecule has 0 radical (unpaired) electrons. The Kier molecular flexibility index (Phi) is 8.46. The highest BCUT2D eigenvalue weighted by molar-refractivity contribution is 5.78. The largest absolute Gasteiger partial charge is 0.383 e. The molecule has 0 saturated carbocycles. The summed E-state index contributed by atoms with van der Waals surface area (Å²) in [5.41, 5.74) is 0.477. The van der Waals surface area contributed by atoms with Crippen LogP contribution < -0.4 is 10.6 Å². The number of halogens is 1. The van der Waals surface area contributed by atoms with Gasteiger partial charge in [-0.2, -0.15) is 0 Å². The summed E-state index contributed by atoms with van der Waals surface area (Å²) in [6, 6.07) is 6.41. The number of hydrogen-bond acceptors (Lipinski definition) is 5. The Hall–Kier alpha value is -2.03. The molecule has 1 fully saturated rings. The van der Waals surface area contributed by atoms with Gasteiger partial charge in [0.15, 0.2) is 0 Å². The predicted molar refractivity (Wildman–Crippen MR) is 96.0 cm³/mol. The number of ether oxygens (including phenoxy) is 1. The van der Waals surface area contributed by atoms with Crippen LogP contribution in [0.4, 0.5) is 4.39 Å². The van der Waals surface area contributed by atoms with Crippen LogP contribution in [-0.2, 0) is 20.9 Å². The highest BCUT2D eigenvalue weighted by Crippen LogP contribution is 2.06. The number of benzene rings is 1. The van der Waals surface area contributed by atoms with Crippen molar-refractivity contribution in [3.8, 4) is 0 Å². The van der Waals surface area contributed by atoms with E-state index in [-0.39, 0.29) is 30.7 Å². The van der Waals surface area contributed by atoms with E-state index in [0.717, 1.165) is 26.2 Å². The van der Waals surface area contributed by atoms with E-state index in [4.69, 9.17) is 4.74 Å². The molecular formula is C18H27FN4O3. The number of carbonyl (C=O) groups excluding carboxylic acids is 2. The minimum atomic E-state index is -0.315. The number of hydrogen-bond donors (Lipinski definition) is 2. The van der Waals surface area contributed by atoms with Gasteiger partial charge >= 0.3 is 0 Å². The molecule has 7 nitrogen and oxygen atoms in total. The summed E-state index contributed by atoms with van der Waals surface area (Å²) >= 11 is 0. The number of nitrogens with zero attached hydrogens (tertiary/aromatic N) is 2. The fraction of sp³-hybridized carbons (Fsp3) is 0.556. The molecule has 26 heavy (non-hydrogen) atoms. The van der Waals surface area contributed by atoms with Crippen molar-refractivity contribution in [2.75, 3.05) is 59.5 Å². The van der Waals surface area contributed by atoms with Crippen molar-refractivity contribution in [1.29, 1.82) is 0 Å². The predicted octanol–water partition coefficient (Wildman–Crippen LogP) is -0.178. The molecule has 1 aliphatic rings. The SMILES string of the molecule is COCCNC(=O)CN1CCN(CC(=O)NCc2ccccc2F)CC1. The van der Waals surface area contributed by atoms with Crippen LogP contribution in [0.3, 0.4) is 0 Å². The van der Waals surface area contributed by atoms with Gasteiger partial charge in [-0.25, -0.2) is 4.39 Å². The minimum absolute atomic E-state index is 0.0156.